The molecule has 4 aromatic rings. The van der Waals surface area contributed by atoms with E-state index in [9.17, 15) is 9.59 Å². The minimum absolute atomic E-state index is 0.148. The van der Waals surface area contributed by atoms with E-state index in [-0.39, 0.29) is 17.9 Å². The van der Waals surface area contributed by atoms with Gasteiger partial charge in [-0.25, -0.2) is 4.68 Å². The average Bonchev–Trinajstić information content (AvgIpc) is 3.17. The molecule has 0 fully saturated rings. The normalized spacial score (nSPS) is 11.4. The Bertz CT molecular complexity index is 1440. The maximum absolute atomic E-state index is 13.1. The topological polar surface area (TPSA) is 86.7 Å². The number of pyridine rings is 1. The number of hydrogen-bond donors (Lipinski definition) is 0. The van der Waals surface area contributed by atoms with Crippen LogP contribution in [-0.2, 0) is 29.3 Å². The molecule has 3 heterocycles. The molecule has 4 rings (SSSR count). The van der Waals surface area contributed by atoms with Crippen LogP contribution in [0.3, 0.4) is 0 Å². The van der Waals surface area contributed by atoms with Crippen molar-refractivity contribution in [1.82, 2.24) is 28.6 Å². The van der Waals surface area contributed by atoms with E-state index in [1.54, 1.807) is 40.7 Å². The quantitative estimate of drug-likeness (QED) is 0.197. The standard InChI is InChI=1S/C24H26N6O3S/c1-3-13-28-22(32)19-9-5-6-10-20(19)30-23(28)26-29(24(30)34)17-27(14-11-21(31)33-4-2)16-18-8-7-12-25-15-18/h3,5-10,12,15H,1,4,11,13-14,16-17H2,2H3. The number of esters is 1. The maximum atomic E-state index is 13.1. The lowest BCUT2D eigenvalue weighted by atomic mass is 10.2. The summed E-state index contributed by atoms with van der Waals surface area (Å²) in [6.45, 7) is 7.53. The molecule has 0 aliphatic heterocycles. The number of benzene rings is 1. The fraction of sp³-hybridized carbons (Fsp3) is 0.292. The van der Waals surface area contributed by atoms with Gasteiger partial charge in [-0.1, -0.05) is 24.3 Å². The predicted octanol–water partition coefficient (Wildman–Crippen LogP) is 3.17. The number of carbonyl (C=O) groups excluding carboxylic acids is 1. The molecular formula is C24H26N6O3S. The van der Waals surface area contributed by atoms with Gasteiger partial charge in [-0.05, 0) is 42.9 Å². The van der Waals surface area contributed by atoms with E-state index in [0.717, 1.165) is 5.56 Å². The molecule has 0 radical (unpaired) electrons. The van der Waals surface area contributed by atoms with E-state index in [4.69, 9.17) is 22.1 Å². The zero-order valence-corrected chi connectivity index (χ0v) is 19.8. The van der Waals surface area contributed by atoms with Gasteiger partial charge < -0.3 is 4.74 Å². The second-order valence-electron chi connectivity index (χ2n) is 7.75. The van der Waals surface area contributed by atoms with E-state index < -0.39 is 0 Å². The molecule has 3 aromatic heterocycles. The van der Waals surface area contributed by atoms with Crippen LogP contribution in [0.2, 0.25) is 0 Å². The van der Waals surface area contributed by atoms with Crippen LogP contribution < -0.4 is 5.56 Å². The van der Waals surface area contributed by atoms with E-state index >= 15 is 0 Å². The van der Waals surface area contributed by atoms with Gasteiger partial charge in [-0.15, -0.1) is 11.7 Å². The number of hydrogen-bond acceptors (Lipinski definition) is 7. The molecule has 176 valence electrons. The van der Waals surface area contributed by atoms with Gasteiger partial charge in [-0.3, -0.25) is 28.4 Å². The molecule has 0 atom stereocenters. The molecule has 34 heavy (non-hydrogen) atoms. The average molecular weight is 479 g/mol. The zero-order valence-electron chi connectivity index (χ0n) is 19.0. The van der Waals surface area contributed by atoms with Crippen LogP contribution in [-0.4, -0.2) is 47.8 Å². The second kappa shape index (κ2) is 10.5. The van der Waals surface area contributed by atoms with Crippen LogP contribution >= 0.6 is 12.2 Å². The summed E-state index contributed by atoms with van der Waals surface area (Å²) in [7, 11) is 0. The summed E-state index contributed by atoms with van der Waals surface area (Å²) in [4.78, 5) is 31.3. The van der Waals surface area contributed by atoms with Gasteiger partial charge in [0.25, 0.3) is 5.56 Å². The fourth-order valence-corrected chi connectivity index (χ4v) is 4.15. The molecule has 1 aromatic carbocycles. The first-order chi connectivity index (χ1) is 16.5. The van der Waals surface area contributed by atoms with Gasteiger partial charge in [0.05, 0.1) is 30.6 Å². The molecule has 10 heteroatoms. The lowest BCUT2D eigenvalue weighted by molar-refractivity contribution is -0.143. The maximum Gasteiger partial charge on any atom is 0.307 e. The molecule has 0 saturated carbocycles. The van der Waals surface area contributed by atoms with Crippen molar-refractivity contribution in [2.45, 2.75) is 33.1 Å². The number of para-hydroxylation sites is 1. The molecule has 0 amide bonds. The number of aromatic nitrogens is 5. The number of ether oxygens (including phenoxy) is 1. The second-order valence-corrected chi connectivity index (χ2v) is 8.11. The van der Waals surface area contributed by atoms with Gasteiger partial charge in [0.1, 0.15) is 0 Å². The largest absolute Gasteiger partial charge is 0.466 e. The molecule has 0 aliphatic carbocycles. The number of allylic oxidation sites excluding steroid dienone is 1. The van der Waals surface area contributed by atoms with Crippen molar-refractivity contribution in [2.75, 3.05) is 13.2 Å². The van der Waals surface area contributed by atoms with Crippen LogP contribution in [0.4, 0.5) is 0 Å². The fourth-order valence-electron chi connectivity index (χ4n) is 3.88. The summed E-state index contributed by atoms with van der Waals surface area (Å²) in [6, 6.07) is 11.2. The van der Waals surface area contributed by atoms with Gasteiger partial charge in [0, 0.05) is 32.0 Å². The Balaban J connectivity index is 1.76. The Kier molecular flexibility index (Phi) is 7.29. The molecule has 0 N–H and O–H groups in total. The number of rotatable bonds is 10. The van der Waals surface area contributed by atoms with Crippen molar-refractivity contribution in [3.8, 4) is 0 Å². The number of carbonyl (C=O) groups is 1. The Labute approximate surface area is 201 Å². The summed E-state index contributed by atoms with van der Waals surface area (Å²) in [5.41, 5.74) is 1.55. The first-order valence-corrected chi connectivity index (χ1v) is 11.4. The summed E-state index contributed by atoms with van der Waals surface area (Å²) < 4.78 is 10.6. The van der Waals surface area contributed by atoms with Gasteiger partial charge in [-0.2, -0.15) is 0 Å². The number of nitrogens with zero attached hydrogens (tertiary/aromatic N) is 6. The lowest BCUT2D eigenvalue weighted by Crippen LogP contribution is -2.29. The SMILES string of the molecule is C=CCn1c(=O)c2ccccc2n2c(=S)n(CN(CCC(=O)OCC)Cc3cccnc3)nc12. The highest BCUT2D eigenvalue weighted by Gasteiger charge is 2.17. The van der Waals surface area contributed by atoms with E-state index in [0.29, 0.717) is 54.4 Å². The highest BCUT2D eigenvalue weighted by Crippen LogP contribution is 2.15. The van der Waals surface area contributed by atoms with Crippen LogP contribution in [0, 0.1) is 4.77 Å². The van der Waals surface area contributed by atoms with Crippen molar-refractivity contribution < 1.29 is 9.53 Å². The third-order valence-electron chi connectivity index (χ3n) is 5.40. The molecule has 0 saturated heterocycles. The van der Waals surface area contributed by atoms with Crippen LogP contribution in [0.15, 0.2) is 66.2 Å². The Morgan fingerprint density at radius 1 is 1.26 bits per heavy atom. The van der Waals surface area contributed by atoms with E-state index in [2.05, 4.69) is 11.6 Å². The summed E-state index contributed by atoms with van der Waals surface area (Å²) in [5.74, 6) is 0.184. The molecule has 9 nitrogen and oxygen atoms in total. The highest BCUT2D eigenvalue weighted by atomic mass is 32.1. The summed E-state index contributed by atoms with van der Waals surface area (Å²) in [6.07, 6.45) is 5.40. The van der Waals surface area contributed by atoms with Crippen molar-refractivity contribution in [3.63, 3.8) is 0 Å². The molecule has 0 bridgehead atoms. The third kappa shape index (κ3) is 4.82. The number of fused-ring (bicyclic) bond motifs is 3. The highest BCUT2D eigenvalue weighted by molar-refractivity contribution is 7.71. The molecule has 0 aliphatic rings. The first-order valence-electron chi connectivity index (χ1n) is 11.0. The Morgan fingerprint density at radius 3 is 2.82 bits per heavy atom. The van der Waals surface area contributed by atoms with Gasteiger partial charge in [0.15, 0.2) is 0 Å². The minimum atomic E-state index is -0.261. The predicted molar refractivity (Wildman–Crippen MR) is 132 cm³/mol. The van der Waals surface area contributed by atoms with Crippen LogP contribution in [0.25, 0.3) is 16.7 Å². The third-order valence-corrected chi connectivity index (χ3v) is 5.79. The molecular weight excluding hydrogens is 452 g/mol. The van der Waals surface area contributed by atoms with Gasteiger partial charge >= 0.3 is 5.97 Å². The van der Waals surface area contributed by atoms with Crippen molar-refractivity contribution in [3.05, 3.63) is 82.1 Å². The minimum Gasteiger partial charge on any atom is -0.466 e. The van der Waals surface area contributed by atoms with E-state index in [1.165, 1.54) is 0 Å². The smallest absolute Gasteiger partial charge is 0.307 e. The summed E-state index contributed by atoms with van der Waals surface area (Å²) in [5, 5.41) is 5.26. The van der Waals surface area contributed by atoms with Gasteiger partial charge in [0.2, 0.25) is 10.5 Å². The van der Waals surface area contributed by atoms with Crippen molar-refractivity contribution >= 4 is 34.9 Å². The zero-order chi connectivity index (χ0) is 24.1. The Morgan fingerprint density at radius 2 is 2.09 bits per heavy atom. The first kappa shape index (κ1) is 23.5. The van der Waals surface area contributed by atoms with Crippen molar-refractivity contribution in [2.24, 2.45) is 0 Å². The molecule has 0 unspecified atom stereocenters. The Hall–Kier alpha value is -3.63. The summed E-state index contributed by atoms with van der Waals surface area (Å²) >= 11 is 5.79. The lowest BCUT2D eigenvalue weighted by Gasteiger charge is -2.21. The van der Waals surface area contributed by atoms with Crippen LogP contribution in [0.5, 0.6) is 0 Å². The monoisotopic (exact) mass is 478 g/mol. The van der Waals surface area contributed by atoms with Crippen LogP contribution in [0.1, 0.15) is 18.9 Å². The molecule has 0 spiro atoms. The van der Waals surface area contributed by atoms with E-state index in [1.807, 2.05) is 39.6 Å². The van der Waals surface area contributed by atoms with Crippen molar-refractivity contribution in [1.29, 1.82) is 0 Å².